The first kappa shape index (κ1) is 13.7. The standard InChI is InChI=1S/C15H15ClO3/c1-19-15-7-4-11(9-13(15)16)14(18)8-10-2-5-12(17)6-3-10/h2-7,9,14,17-18H,8H2,1H3. The van der Waals surface area contributed by atoms with Crippen LogP contribution in [0.5, 0.6) is 11.5 Å². The Morgan fingerprint density at radius 2 is 1.84 bits per heavy atom. The quantitative estimate of drug-likeness (QED) is 0.902. The van der Waals surface area contributed by atoms with Gasteiger partial charge in [-0.05, 0) is 35.4 Å². The monoisotopic (exact) mass is 278 g/mol. The molecule has 2 rings (SSSR count). The van der Waals surface area contributed by atoms with Gasteiger partial charge in [-0.15, -0.1) is 0 Å². The zero-order valence-corrected chi connectivity index (χ0v) is 11.3. The van der Waals surface area contributed by atoms with E-state index in [9.17, 15) is 10.2 Å². The summed E-state index contributed by atoms with van der Waals surface area (Å²) in [6.45, 7) is 0. The lowest BCUT2D eigenvalue weighted by Crippen LogP contribution is -2.02. The van der Waals surface area contributed by atoms with Gasteiger partial charge >= 0.3 is 0 Å². The summed E-state index contributed by atoms with van der Waals surface area (Å²) in [5.41, 5.74) is 1.68. The highest BCUT2D eigenvalue weighted by atomic mass is 35.5. The van der Waals surface area contributed by atoms with Gasteiger partial charge in [0.1, 0.15) is 11.5 Å². The maximum Gasteiger partial charge on any atom is 0.137 e. The van der Waals surface area contributed by atoms with Crippen LogP contribution in [0.1, 0.15) is 17.2 Å². The smallest absolute Gasteiger partial charge is 0.137 e. The van der Waals surface area contributed by atoms with E-state index in [1.165, 1.54) is 0 Å². The lowest BCUT2D eigenvalue weighted by molar-refractivity contribution is 0.178. The van der Waals surface area contributed by atoms with Crippen LogP contribution in [-0.4, -0.2) is 17.3 Å². The number of aromatic hydroxyl groups is 1. The number of rotatable bonds is 4. The number of benzene rings is 2. The maximum absolute atomic E-state index is 10.2. The van der Waals surface area contributed by atoms with Crippen LogP contribution in [0.15, 0.2) is 42.5 Å². The molecule has 2 aromatic carbocycles. The van der Waals surface area contributed by atoms with E-state index in [0.29, 0.717) is 17.2 Å². The Bertz CT molecular complexity index is 552. The SMILES string of the molecule is COc1ccc(C(O)Cc2ccc(O)cc2)cc1Cl. The predicted octanol–water partition coefficient (Wildman–Crippen LogP) is 3.33. The zero-order chi connectivity index (χ0) is 13.8. The van der Waals surface area contributed by atoms with Gasteiger partial charge in [0.05, 0.1) is 18.2 Å². The van der Waals surface area contributed by atoms with E-state index in [2.05, 4.69) is 0 Å². The van der Waals surface area contributed by atoms with Crippen molar-refractivity contribution in [1.29, 1.82) is 0 Å². The fourth-order valence-electron chi connectivity index (χ4n) is 1.86. The van der Waals surface area contributed by atoms with Crippen molar-refractivity contribution in [2.45, 2.75) is 12.5 Å². The number of hydrogen-bond donors (Lipinski definition) is 2. The first-order valence-electron chi connectivity index (χ1n) is 5.89. The van der Waals surface area contributed by atoms with Gasteiger partial charge in [0.15, 0.2) is 0 Å². The molecule has 0 aromatic heterocycles. The van der Waals surface area contributed by atoms with Gasteiger partial charge in [-0.2, -0.15) is 0 Å². The number of ether oxygens (including phenoxy) is 1. The molecular weight excluding hydrogens is 264 g/mol. The summed E-state index contributed by atoms with van der Waals surface area (Å²) in [5, 5.41) is 19.9. The Kier molecular flexibility index (Phi) is 4.30. The summed E-state index contributed by atoms with van der Waals surface area (Å²) in [7, 11) is 1.55. The van der Waals surface area contributed by atoms with Crippen molar-refractivity contribution in [3.05, 3.63) is 58.6 Å². The number of phenolic OH excluding ortho intramolecular Hbond substituents is 1. The van der Waals surface area contributed by atoms with Crippen molar-refractivity contribution in [1.82, 2.24) is 0 Å². The predicted molar refractivity (Wildman–Crippen MR) is 74.8 cm³/mol. The van der Waals surface area contributed by atoms with Crippen LogP contribution >= 0.6 is 11.6 Å². The minimum atomic E-state index is -0.645. The van der Waals surface area contributed by atoms with Crippen molar-refractivity contribution >= 4 is 11.6 Å². The number of phenols is 1. The van der Waals surface area contributed by atoms with Crippen molar-refractivity contribution < 1.29 is 14.9 Å². The van der Waals surface area contributed by atoms with Gasteiger partial charge in [0, 0.05) is 6.42 Å². The van der Waals surface area contributed by atoms with E-state index in [1.807, 2.05) is 0 Å². The number of aliphatic hydroxyl groups is 1. The van der Waals surface area contributed by atoms with Crippen LogP contribution in [0.2, 0.25) is 5.02 Å². The van der Waals surface area contributed by atoms with E-state index >= 15 is 0 Å². The molecular formula is C15H15ClO3. The van der Waals surface area contributed by atoms with Gasteiger partial charge in [-0.25, -0.2) is 0 Å². The second-order valence-corrected chi connectivity index (χ2v) is 4.69. The molecule has 0 aliphatic heterocycles. The summed E-state index contributed by atoms with van der Waals surface area (Å²) >= 11 is 6.03. The molecule has 100 valence electrons. The van der Waals surface area contributed by atoms with Crippen LogP contribution < -0.4 is 4.74 Å². The van der Waals surface area contributed by atoms with E-state index in [0.717, 1.165) is 11.1 Å². The maximum atomic E-state index is 10.2. The van der Waals surface area contributed by atoms with Crippen molar-refractivity contribution in [3.63, 3.8) is 0 Å². The van der Waals surface area contributed by atoms with Crippen molar-refractivity contribution in [2.75, 3.05) is 7.11 Å². The van der Waals surface area contributed by atoms with Crippen LogP contribution in [0.4, 0.5) is 0 Å². The topological polar surface area (TPSA) is 49.7 Å². The number of halogens is 1. The second-order valence-electron chi connectivity index (χ2n) is 4.28. The first-order valence-corrected chi connectivity index (χ1v) is 6.27. The number of methoxy groups -OCH3 is 1. The molecule has 0 saturated carbocycles. The summed E-state index contributed by atoms with van der Waals surface area (Å²) in [6.07, 6.45) is -0.184. The molecule has 0 fully saturated rings. The molecule has 0 aliphatic carbocycles. The molecule has 19 heavy (non-hydrogen) atoms. The molecule has 0 amide bonds. The molecule has 0 heterocycles. The van der Waals surface area contributed by atoms with Crippen LogP contribution in [0, 0.1) is 0 Å². The third-order valence-corrected chi connectivity index (χ3v) is 3.22. The molecule has 2 N–H and O–H groups in total. The largest absolute Gasteiger partial charge is 0.508 e. The normalized spacial score (nSPS) is 12.2. The van der Waals surface area contributed by atoms with Gasteiger partial charge in [0.2, 0.25) is 0 Å². The van der Waals surface area contributed by atoms with E-state index in [4.69, 9.17) is 16.3 Å². The highest BCUT2D eigenvalue weighted by molar-refractivity contribution is 6.32. The highest BCUT2D eigenvalue weighted by Crippen LogP contribution is 2.29. The van der Waals surface area contributed by atoms with Crippen molar-refractivity contribution in [3.8, 4) is 11.5 Å². The van der Waals surface area contributed by atoms with Gasteiger partial charge < -0.3 is 14.9 Å². The average Bonchev–Trinajstić information content (AvgIpc) is 2.41. The average molecular weight is 279 g/mol. The van der Waals surface area contributed by atoms with E-state index in [1.54, 1.807) is 49.6 Å². The third-order valence-electron chi connectivity index (χ3n) is 2.93. The Morgan fingerprint density at radius 3 is 2.42 bits per heavy atom. The Morgan fingerprint density at radius 1 is 1.16 bits per heavy atom. The lowest BCUT2D eigenvalue weighted by atomic mass is 10.0. The Labute approximate surface area is 117 Å². The van der Waals surface area contributed by atoms with Crippen LogP contribution in [-0.2, 0) is 6.42 Å². The highest BCUT2D eigenvalue weighted by Gasteiger charge is 2.11. The minimum absolute atomic E-state index is 0.214. The summed E-state index contributed by atoms with van der Waals surface area (Å²) < 4.78 is 5.07. The number of hydrogen-bond acceptors (Lipinski definition) is 3. The van der Waals surface area contributed by atoms with Gasteiger partial charge in [0.25, 0.3) is 0 Å². The molecule has 0 radical (unpaired) electrons. The Hall–Kier alpha value is -1.71. The summed E-state index contributed by atoms with van der Waals surface area (Å²) in [5.74, 6) is 0.799. The fourth-order valence-corrected chi connectivity index (χ4v) is 2.13. The van der Waals surface area contributed by atoms with Crippen molar-refractivity contribution in [2.24, 2.45) is 0 Å². The molecule has 0 bridgehead atoms. The molecule has 4 heteroatoms. The van der Waals surface area contributed by atoms with Gasteiger partial charge in [-0.3, -0.25) is 0 Å². The van der Waals surface area contributed by atoms with E-state index in [-0.39, 0.29) is 5.75 Å². The molecule has 0 aliphatic rings. The molecule has 3 nitrogen and oxygen atoms in total. The van der Waals surface area contributed by atoms with Gasteiger partial charge in [-0.1, -0.05) is 29.8 Å². The molecule has 2 aromatic rings. The third kappa shape index (κ3) is 3.40. The summed E-state index contributed by atoms with van der Waals surface area (Å²) in [4.78, 5) is 0. The second kappa shape index (κ2) is 5.95. The molecule has 0 saturated heterocycles. The number of aliphatic hydroxyl groups excluding tert-OH is 1. The molecule has 0 spiro atoms. The zero-order valence-electron chi connectivity index (χ0n) is 10.5. The first-order chi connectivity index (χ1) is 9.10. The summed E-state index contributed by atoms with van der Waals surface area (Å²) in [6, 6.07) is 12.0. The fraction of sp³-hybridized carbons (Fsp3) is 0.200. The minimum Gasteiger partial charge on any atom is -0.508 e. The molecule has 1 atom stereocenters. The van der Waals surface area contributed by atoms with Crippen LogP contribution in [0.3, 0.4) is 0 Å². The lowest BCUT2D eigenvalue weighted by Gasteiger charge is -2.13. The van der Waals surface area contributed by atoms with Crippen LogP contribution in [0.25, 0.3) is 0 Å². The molecule has 1 unspecified atom stereocenters. The Balaban J connectivity index is 2.13. The van der Waals surface area contributed by atoms with E-state index < -0.39 is 6.10 Å².